The van der Waals surface area contributed by atoms with Crippen molar-refractivity contribution in [2.75, 3.05) is 6.61 Å². The number of phenolic OH excluding ortho intramolecular Hbond substituents is 1. The van der Waals surface area contributed by atoms with Crippen molar-refractivity contribution in [3.63, 3.8) is 0 Å². The highest BCUT2D eigenvalue weighted by atomic mass is 16.6. The van der Waals surface area contributed by atoms with Crippen molar-refractivity contribution in [1.29, 1.82) is 0 Å². The van der Waals surface area contributed by atoms with Gasteiger partial charge in [0.2, 0.25) is 0 Å². The molecule has 0 aliphatic heterocycles. The molecule has 3 rings (SSSR count). The van der Waals surface area contributed by atoms with E-state index in [0.717, 1.165) is 5.56 Å². The Bertz CT molecular complexity index is 857. The summed E-state index contributed by atoms with van der Waals surface area (Å²) in [5.41, 5.74) is 1.94. The Kier molecular flexibility index (Phi) is 3.38. The van der Waals surface area contributed by atoms with Gasteiger partial charge in [-0.1, -0.05) is 0 Å². The van der Waals surface area contributed by atoms with Gasteiger partial charge in [-0.2, -0.15) is 0 Å². The summed E-state index contributed by atoms with van der Waals surface area (Å²) in [6, 6.07) is 9.34. The van der Waals surface area contributed by atoms with Crippen molar-refractivity contribution in [1.82, 2.24) is 9.97 Å². The van der Waals surface area contributed by atoms with Gasteiger partial charge >= 0.3 is 0 Å². The minimum absolute atomic E-state index is 0.00316. The second-order valence-corrected chi connectivity index (χ2v) is 4.66. The quantitative estimate of drug-likeness (QED) is 0.569. The maximum Gasteiger partial charge on any atom is 0.271 e. The number of nitro benzene ring substituents is 1. The van der Waals surface area contributed by atoms with Crippen molar-refractivity contribution < 1.29 is 14.8 Å². The Labute approximate surface area is 125 Å². The average molecular weight is 299 g/mol. The lowest BCUT2D eigenvalue weighted by atomic mass is 10.2. The predicted molar refractivity (Wildman–Crippen MR) is 81.0 cm³/mol. The minimum Gasteiger partial charge on any atom is -0.504 e. The Hall–Kier alpha value is -3.09. The predicted octanol–water partition coefficient (Wildman–Crippen LogP) is 3.24. The van der Waals surface area contributed by atoms with E-state index in [1.54, 1.807) is 18.2 Å². The molecule has 1 heterocycles. The Balaban J connectivity index is 2.06. The molecule has 0 aliphatic carbocycles. The molecule has 112 valence electrons. The number of nitrogens with zero attached hydrogens (tertiary/aromatic N) is 2. The van der Waals surface area contributed by atoms with E-state index in [1.807, 2.05) is 6.92 Å². The van der Waals surface area contributed by atoms with Crippen LogP contribution in [0, 0.1) is 10.1 Å². The van der Waals surface area contributed by atoms with Crippen LogP contribution < -0.4 is 4.74 Å². The van der Waals surface area contributed by atoms with Crippen molar-refractivity contribution in [3.8, 4) is 22.9 Å². The fourth-order valence-electron chi connectivity index (χ4n) is 2.18. The number of imidazole rings is 1. The van der Waals surface area contributed by atoms with Gasteiger partial charge in [-0.3, -0.25) is 10.1 Å². The standard InChI is InChI=1S/C15H13N3O4/c1-2-22-14-7-9(3-6-13(14)19)15-16-11-5-4-10(18(20)21)8-12(11)17-15/h3-8,19H,2H2,1H3,(H,16,17). The minimum atomic E-state index is -0.451. The average Bonchev–Trinajstić information content (AvgIpc) is 2.92. The topological polar surface area (TPSA) is 101 Å². The second kappa shape index (κ2) is 5.36. The number of fused-ring (bicyclic) bond motifs is 1. The number of hydrogen-bond acceptors (Lipinski definition) is 5. The fourth-order valence-corrected chi connectivity index (χ4v) is 2.18. The highest BCUT2D eigenvalue weighted by molar-refractivity contribution is 5.81. The molecule has 0 unspecified atom stereocenters. The maximum atomic E-state index is 10.8. The van der Waals surface area contributed by atoms with E-state index >= 15 is 0 Å². The molecular weight excluding hydrogens is 286 g/mol. The zero-order chi connectivity index (χ0) is 15.7. The van der Waals surface area contributed by atoms with Gasteiger partial charge in [0.05, 0.1) is 22.6 Å². The Morgan fingerprint density at radius 2 is 2.14 bits per heavy atom. The number of aromatic hydroxyl groups is 1. The summed E-state index contributed by atoms with van der Waals surface area (Å²) in [6.45, 7) is 2.26. The molecule has 2 N–H and O–H groups in total. The van der Waals surface area contributed by atoms with E-state index in [9.17, 15) is 15.2 Å². The third-order valence-electron chi connectivity index (χ3n) is 3.21. The molecule has 0 fully saturated rings. The molecule has 1 aromatic heterocycles. The first-order valence-electron chi connectivity index (χ1n) is 6.69. The molecule has 0 radical (unpaired) electrons. The monoisotopic (exact) mass is 299 g/mol. The van der Waals surface area contributed by atoms with Gasteiger partial charge in [0.15, 0.2) is 11.5 Å². The number of aromatic amines is 1. The van der Waals surface area contributed by atoms with E-state index in [1.165, 1.54) is 18.2 Å². The molecule has 2 aromatic carbocycles. The number of nitrogens with one attached hydrogen (secondary N) is 1. The number of benzene rings is 2. The van der Waals surface area contributed by atoms with Gasteiger partial charge in [0.25, 0.3) is 5.69 Å². The number of rotatable bonds is 4. The molecular formula is C15H13N3O4. The number of hydrogen-bond donors (Lipinski definition) is 2. The first kappa shape index (κ1) is 13.9. The normalized spacial score (nSPS) is 10.8. The summed E-state index contributed by atoms with van der Waals surface area (Å²) in [5.74, 6) is 0.972. The van der Waals surface area contributed by atoms with Crippen LogP contribution in [0.25, 0.3) is 22.4 Å². The number of aromatic nitrogens is 2. The summed E-state index contributed by atoms with van der Waals surface area (Å²) >= 11 is 0. The van der Waals surface area contributed by atoms with Crippen LogP contribution in [-0.4, -0.2) is 26.6 Å². The lowest BCUT2D eigenvalue weighted by Crippen LogP contribution is -1.92. The molecule has 0 saturated carbocycles. The molecule has 0 bridgehead atoms. The summed E-state index contributed by atoms with van der Waals surface area (Å²) < 4.78 is 5.34. The summed E-state index contributed by atoms with van der Waals surface area (Å²) in [7, 11) is 0. The van der Waals surface area contributed by atoms with Gasteiger partial charge < -0.3 is 14.8 Å². The molecule has 7 nitrogen and oxygen atoms in total. The smallest absolute Gasteiger partial charge is 0.271 e. The van der Waals surface area contributed by atoms with E-state index in [-0.39, 0.29) is 11.4 Å². The Morgan fingerprint density at radius 1 is 1.32 bits per heavy atom. The van der Waals surface area contributed by atoms with Crippen molar-refractivity contribution in [2.24, 2.45) is 0 Å². The summed E-state index contributed by atoms with van der Waals surface area (Å²) in [4.78, 5) is 17.8. The second-order valence-electron chi connectivity index (χ2n) is 4.66. The zero-order valence-electron chi connectivity index (χ0n) is 11.7. The van der Waals surface area contributed by atoms with Crippen molar-refractivity contribution >= 4 is 16.7 Å². The van der Waals surface area contributed by atoms with Crippen molar-refractivity contribution in [2.45, 2.75) is 6.92 Å². The highest BCUT2D eigenvalue weighted by Crippen LogP contribution is 2.31. The van der Waals surface area contributed by atoms with Crippen LogP contribution in [0.2, 0.25) is 0 Å². The first-order valence-corrected chi connectivity index (χ1v) is 6.69. The highest BCUT2D eigenvalue weighted by Gasteiger charge is 2.12. The third kappa shape index (κ3) is 2.44. The molecule has 22 heavy (non-hydrogen) atoms. The molecule has 3 aromatic rings. The SMILES string of the molecule is CCOc1cc(-c2nc3ccc([N+](=O)[O-])cc3[nH]2)ccc1O. The first-order chi connectivity index (χ1) is 10.6. The van der Waals surface area contributed by atoms with Gasteiger partial charge in [-0.15, -0.1) is 0 Å². The van der Waals surface area contributed by atoms with Crippen LogP contribution in [-0.2, 0) is 0 Å². The molecule has 7 heteroatoms. The summed E-state index contributed by atoms with van der Waals surface area (Å²) in [5, 5.41) is 20.5. The molecule has 0 aliphatic rings. The van der Waals surface area contributed by atoms with E-state index < -0.39 is 4.92 Å². The third-order valence-corrected chi connectivity index (χ3v) is 3.21. The zero-order valence-corrected chi connectivity index (χ0v) is 11.7. The van der Waals surface area contributed by atoms with E-state index in [4.69, 9.17) is 4.74 Å². The lowest BCUT2D eigenvalue weighted by Gasteiger charge is -2.06. The van der Waals surface area contributed by atoms with Gasteiger partial charge in [-0.05, 0) is 31.2 Å². The lowest BCUT2D eigenvalue weighted by molar-refractivity contribution is -0.384. The van der Waals surface area contributed by atoms with Gasteiger partial charge in [0.1, 0.15) is 5.82 Å². The number of H-pyrrole nitrogens is 1. The largest absolute Gasteiger partial charge is 0.504 e. The number of phenols is 1. The molecule has 0 amide bonds. The fraction of sp³-hybridized carbons (Fsp3) is 0.133. The Morgan fingerprint density at radius 3 is 2.86 bits per heavy atom. The van der Waals surface area contributed by atoms with Crippen LogP contribution in [0.1, 0.15) is 6.92 Å². The number of non-ortho nitro benzene ring substituents is 1. The van der Waals surface area contributed by atoms with E-state index in [2.05, 4.69) is 9.97 Å². The van der Waals surface area contributed by atoms with Crippen LogP contribution in [0.3, 0.4) is 0 Å². The van der Waals surface area contributed by atoms with Gasteiger partial charge in [0, 0.05) is 17.7 Å². The van der Waals surface area contributed by atoms with E-state index in [0.29, 0.717) is 29.2 Å². The number of ether oxygens (including phenoxy) is 1. The van der Waals surface area contributed by atoms with Crippen LogP contribution >= 0.6 is 0 Å². The maximum absolute atomic E-state index is 10.8. The van der Waals surface area contributed by atoms with Crippen LogP contribution in [0.15, 0.2) is 36.4 Å². The molecule has 0 atom stereocenters. The van der Waals surface area contributed by atoms with Crippen molar-refractivity contribution in [3.05, 3.63) is 46.5 Å². The molecule has 0 saturated heterocycles. The summed E-state index contributed by atoms with van der Waals surface area (Å²) in [6.07, 6.45) is 0. The van der Waals surface area contributed by atoms with Gasteiger partial charge in [-0.25, -0.2) is 4.98 Å². The van der Waals surface area contributed by atoms with Crippen LogP contribution in [0.4, 0.5) is 5.69 Å². The molecule has 0 spiro atoms. The number of nitro groups is 1. The van der Waals surface area contributed by atoms with Crippen LogP contribution in [0.5, 0.6) is 11.5 Å².